The molecule has 50 heavy (non-hydrogen) atoms. The van der Waals surface area contributed by atoms with E-state index >= 15 is 0 Å². The summed E-state index contributed by atoms with van der Waals surface area (Å²) < 4.78 is 14.1. The summed E-state index contributed by atoms with van der Waals surface area (Å²) in [4.78, 5) is 12.5. The van der Waals surface area contributed by atoms with E-state index in [9.17, 15) is 15.0 Å². The number of aromatic nitrogens is 1. The Hall–Kier alpha value is -6.06. The number of carbonyl (C=O) groups is 1. The van der Waals surface area contributed by atoms with E-state index in [2.05, 4.69) is 60.0 Å². The summed E-state index contributed by atoms with van der Waals surface area (Å²) in [5.41, 5.74) is 18.5. The van der Waals surface area contributed by atoms with Crippen LogP contribution in [0.2, 0.25) is 0 Å². The van der Waals surface area contributed by atoms with E-state index in [-0.39, 0.29) is 28.5 Å². The third kappa shape index (κ3) is 5.05. The maximum atomic E-state index is 12.5. The molecule has 7 aromatic rings. The van der Waals surface area contributed by atoms with Gasteiger partial charge in [-0.15, -0.1) is 0 Å². The van der Waals surface area contributed by atoms with Gasteiger partial charge in [0.25, 0.3) is 0 Å². The van der Waals surface area contributed by atoms with Crippen LogP contribution in [0.25, 0.3) is 32.9 Å². The van der Waals surface area contributed by atoms with Crippen LogP contribution < -0.4 is 37.8 Å². The number of hydrogen-bond acceptors (Lipinski definition) is 7. The lowest BCUT2D eigenvalue weighted by molar-refractivity contribution is -0.655. The van der Waals surface area contributed by atoms with Crippen molar-refractivity contribution in [3.05, 3.63) is 150 Å². The number of aromatic hydroxyl groups is 2. The molecule has 2 aliphatic rings. The van der Waals surface area contributed by atoms with Crippen molar-refractivity contribution in [3.63, 3.8) is 0 Å². The molecule has 0 atom stereocenters. The molecule has 0 saturated carbocycles. The summed E-state index contributed by atoms with van der Waals surface area (Å²) in [5.74, 6) is 0.408. The average Bonchev–Trinajstić information content (AvgIpc) is 3.40. The van der Waals surface area contributed by atoms with Crippen molar-refractivity contribution in [2.75, 3.05) is 11.5 Å². The molecule has 1 spiro atoms. The van der Waals surface area contributed by atoms with E-state index in [0.29, 0.717) is 33.8 Å². The number of nitrogens with zero attached hydrogens (tertiary/aromatic N) is 1. The molecule has 0 radical (unpaired) electrons. The van der Waals surface area contributed by atoms with E-state index < -0.39 is 11.6 Å². The fourth-order valence-electron chi connectivity index (χ4n) is 7.15. The number of fused-ring (bicyclic) bond motifs is 9. The molecule has 2 aliphatic heterocycles. The van der Waals surface area contributed by atoms with Crippen LogP contribution in [0.1, 0.15) is 34.0 Å². The van der Waals surface area contributed by atoms with Crippen LogP contribution in [0, 0.1) is 0 Å². The fraction of sp³-hybridized carbons (Fsp3) is 0.0732. The number of anilines is 2. The number of pyridine rings is 1. The highest BCUT2D eigenvalue weighted by atomic mass is 79.9. The number of halogens is 1. The Bertz CT molecular complexity index is 2420. The van der Waals surface area contributed by atoms with Gasteiger partial charge in [-0.1, -0.05) is 42.5 Å². The molecule has 6 aromatic carbocycles. The van der Waals surface area contributed by atoms with Gasteiger partial charge in [-0.25, -0.2) is 4.79 Å². The Morgan fingerprint density at radius 1 is 0.660 bits per heavy atom. The van der Waals surface area contributed by atoms with Crippen molar-refractivity contribution in [3.8, 4) is 34.3 Å². The first kappa shape index (κ1) is 32.5. The summed E-state index contributed by atoms with van der Waals surface area (Å²) in [7, 11) is 0. The molecular formula is C41H32BrN3O5. The molecule has 9 rings (SSSR count). The first-order valence-electron chi connectivity index (χ1n) is 16.0. The molecule has 0 fully saturated rings. The first-order valence-corrected chi connectivity index (χ1v) is 16.0. The van der Waals surface area contributed by atoms with Crippen molar-refractivity contribution < 1.29 is 46.0 Å². The zero-order valence-electron chi connectivity index (χ0n) is 26.9. The quantitative estimate of drug-likeness (QED) is 0.0872. The number of hydrogen-bond donors (Lipinski definition) is 4. The third-order valence-electron chi connectivity index (χ3n) is 9.22. The van der Waals surface area contributed by atoms with Crippen LogP contribution >= 0.6 is 0 Å². The molecule has 0 aliphatic carbocycles. The van der Waals surface area contributed by atoms with Gasteiger partial charge in [0.05, 0.1) is 16.3 Å². The molecule has 1 aromatic heterocycles. The predicted octanol–water partition coefficient (Wildman–Crippen LogP) is 4.80. The second-order valence-corrected chi connectivity index (χ2v) is 12.1. The van der Waals surface area contributed by atoms with Crippen molar-refractivity contribution in [1.82, 2.24) is 0 Å². The molecule has 6 N–H and O–H groups in total. The summed E-state index contributed by atoms with van der Waals surface area (Å²) in [6.07, 6.45) is 0. The molecule has 0 unspecified atom stereocenters. The highest BCUT2D eigenvalue weighted by Crippen LogP contribution is 2.56. The lowest BCUT2D eigenvalue weighted by Gasteiger charge is -2.36. The summed E-state index contributed by atoms with van der Waals surface area (Å²) >= 11 is 0. The monoisotopic (exact) mass is 725 g/mol. The largest absolute Gasteiger partial charge is 1.00 e. The minimum atomic E-state index is -1.17. The van der Waals surface area contributed by atoms with Crippen molar-refractivity contribution in [2.24, 2.45) is 0 Å². The van der Waals surface area contributed by atoms with Gasteiger partial charge in [-0.2, -0.15) is 4.57 Å². The minimum Gasteiger partial charge on any atom is -1.00 e. The first-order chi connectivity index (χ1) is 23.8. The lowest BCUT2D eigenvalue weighted by atomic mass is 9.77. The zero-order valence-corrected chi connectivity index (χ0v) is 28.5. The number of nitrogen functional groups attached to an aromatic ring is 2. The Morgan fingerprint density at radius 2 is 1.26 bits per heavy atom. The lowest BCUT2D eigenvalue weighted by Crippen LogP contribution is -3.00. The topological polar surface area (TPSA) is 132 Å². The van der Waals surface area contributed by atoms with Crippen LogP contribution in [-0.4, -0.2) is 16.2 Å². The standard InChI is InChI=1S/C21H19N3.C20H12O5.BrH/c1-2-24-20-13-16(23)9-11-18(20)17-10-8-15(22)12-19(17)21(24)14-6-4-3-5-7-14;21-11-5-7-15-17(9-11)24-18-10-12(22)6-8-16(18)20(15)14-4-2-1-3-13(14)19(23)25-20;/h3-13,23H,2,22H2,1H3;1-10,21-22H;1H. The predicted molar refractivity (Wildman–Crippen MR) is 190 cm³/mol. The number of benzene rings is 6. The van der Waals surface area contributed by atoms with Gasteiger partial charge >= 0.3 is 5.97 Å². The summed E-state index contributed by atoms with van der Waals surface area (Å²) in [6.45, 7) is 3.02. The second kappa shape index (κ2) is 12.4. The van der Waals surface area contributed by atoms with E-state index in [1.165, 1.54) is 51.7 Å². The zero-order chi connectivity index (χ0) is 33.9. The summed E-state index contributed by atoms with van der Waals surface area (Å²) in [6, 6.07) is 39.3. The van der Waals surface area contributed by atoms with Gasteiger partial charge in [-0.05, 0) is 73.7 Å². The molecule has 0 saturated heterocycles. The Kier molecular flexibility index (Phi) is 8.08. The number of rotatable bonds is 2. The van der Waals surface area contributed by atoms with Gasteiger partial charge in [0.1, 0.15) is 29.5 Å². The van der Waals surface area contributed by atoms with E-state index in [4.69, 9.17) is 20.9 Å². The number of phenols is 2. The normalized spacial score (nSPS) is 13.3. The Balaban J connectivity index is 0.000000154. The summed E-state index contributed by atoms with van der Waals surface area (Å²) in [5, 5.41) is 23.2. The van der Waals surface area contributed by atoms with Gasteiger partial charge in [0, 0.05) is 57.2 Å². The number of phenolic OH excluding ortho intramolecular Hbond substituents is 2. The number of nitrogens with two attached hydrogens (primary N) is 2. The number of esters is 1. The van der Waals surface area contributed by atoms with E-state index in [1.54, 1.807) is 24.3 Å². The van der Waals surface area contributed by atoms with Crippen LogP contribution in [0.4, 0.5) is 11.4 Å². The molecule has 9 heteroatoms. The molecule has 0 bridgehead atoms. The van der Waals surface area contributed by atoms with Crippen molar-refractivity contribution in [1.29, 1.82) is 0 Å². The van der Waals surface area contributed by atoms with Crippen molar-refractivity contribution in [2.45, 2.75) is 19.1 Å². The molecular weight excluding hydrogens is 694 g/mol. The van der Waals surface area contributed by atoms with Crippen LogP contribution in [0.3, 0.4) is 0 Å². The highest BCUT2D eigenvalue weighted by molar-refractivity contribution is 6.10. The molecule has 248 valence electrons. The van der Waals surface area contributed by atoms with Gasteiger partial charge < -0.3 is 48.1 Å². The molecule has 0 amide bonds. The maximum absolute atomic E-state index is 12.5. The Morgan fingerprint density at radius 3 is 1.92 bits per heavy atom. The van der Waals surface area contributed by atoms with Crippen LogP contribution in [0.5, 0.6) is 23.0 Å². The smallest absolute Gasteiger partial charge is 0.340 e. The van der Waals surface area contributed by atoms with Crippen molar-refractivity contribution >= 4 is 39.0 Å². The average molecular weight is 727 g/mol. The van der Waals surface area contributed by atoms with Gasteiger partial charge in [0.15, 0.2) is 5.60 Å². The van der Waals surface area contributed by atoms with E-state index in [0.717, 1.165) is 23.4 Å². The maximum Gasteiger partial charge on any atom is 0.340 e. The van der Waals surface area contributed by atoms with E-state index in [1.807, 2.05) is 30.3 Å². The third-order valence-corrected chi connectivity index (χ3v) is 9.22. The molecule has 3 heterocycles. The minimum absolute atomic E-state index is 0. The number of carbonyl (C=O) groups excluding carboxylic acids is 1. The number of ether oxygens (including phenoxy) is 2. The van der Waals surface area contributed by atoms with Crippen LogP contribution in [0.15, 0.2) is 127 Å². The number of aryl methyl sites for hydroxylation is 1. The molecule has 8 nitrogen and oxygen atoms in total. The van der Waals surface area contributed by atoms with Gasteiger partial charge in [0.2, 0.25) is 11.2 Å². The van der Waals surface area contributed by atoms with Crippen LogP contribution in [-0.2, 0) is 16.9 Å². The fourth-order valence-corrected chi connectivity index (χ4v) is 7.15. The second-order valence-electron chi connectivity index (χ2n) is 12.1. The SMILES string of the molecule is CC[n+]1c(-c2ccccc2)c2cc(N)ccc2c2ccc(N)cc21.O=C1OC2(c3ccc(O)cc3Oc3cc(O)ccc32)c2ccccc21.[Br-]. The Labute approximate surface area is 298 Å². The highest BCUT2D eigenvalue weighted by Gasteiger charge is 2.53. The van der Waals surface area contributed by atoms with Gasteiger partial charge in [-0.3, -0.25) is 0 Å².